The van der Waals surface area contributed by atoms with Crippen LogP contribution in [0.1, 0.15) is 39.5 Å². The molecule has 0 aromatic carbocycles. The molecular formula is C13H24N2O3. The lowest BCUT2D eigenvalue weighted by Crippen LogP contribution is -2.43. The van der Waals surface area contributed by atoms with Crippen LogP contribution in [0.2, 0.25) is 0 Å². The zero-order valence-electron chi connectivity index (χ0n) is 11.5. The van der Waals surface area contributed by atoms with Crippen molar-refractivity contribution < 1.29 is 14.7 Å². The highest BCUT2D eigenvalue weighted by Gasteiger charge is 2.31. The Balaban J connectivity index is 2.34. The highest BCUT2D eigenvalue weighted by Crippen LogP contribution is 2.25. The standard InChI is InChI=1S/C13H24N2O3/c1-4-9(2)8-15(3)13(18)14-11-6-5-10(7-11)12(16)17/h9-11H,4-8H2,1-3H3,(H,14,18)(H,16,17)/t9?,10-,11+/m1/s1. The van der Waals surface area contributed by atoms with E-state index in [0.29, 0.717) is 18.8 Å². The maximum atomic E-state index is 11.9. The average molecular weight is 256 g/mol. The lowest BCUT2D eigenvalue weighted by molar-refractivity contribution is -0.141. The molecule has 5 nitrogen and oxygen atoms in total. The van der Waals surface area contributed by atoms with E-state index in [4.69, 9.17) is 5.11 Å². The Kier molecular flexibility index (Phi) is 5.44. The van der Waals surface area contributed by atoms with E-state index in [9.17, 15) is 9.59 Å². The van der Waals surface area contributed by atoms with Crippen molar-refractivity contribution in [3.05, 3.63) is 0 Å². The number of carbonyl (C=O) groups is 2. The van der Waals surface area contributed by atoms with Crippen molar-refractivity contribution in [2.75, 3.05) is 13.6 Å². The third kappa shape index (κ3) is 4.20. The van der Waals surface area contributed by atoms with Crippen molar-refractivity contribution in [3.8, 4) is 0 Å². The summed E-state index contributed by atoms with van der Waals surface area (Å²) >= 11 is 0. The molecule has 0 aliphatic heterocycles. The number of nitrogens with one attached hydrogen (secondary N) is 1. The molecule has 3 atom stereocenters. The van der Waals surface area contributed by atoms with Crippen LogP contribution in [0, 0.1) is 11.8 Å². The second-order valence-electron chi connectivity index (χ2n) is 5.39. The Bertz CT molecular complexity index is 307. The number of urea groups is 1. The molecule has 0 heterocycles. The van der Waals surface area contributed by atoms with Gasteiger partial charge in [-0.2, -0.15) is 0 Å². The zero-order chi connectivity index (χ0) is 13.7. The molecule has 104 valence electrons. The fourth-order valence-electron chi connectivity index (χ4n) is 2.30. The molecule has 1 unspecified atom stereocenters. The summed E-state index contributed by atoms with van der Waals surface area (Å²) < 4.78 is 0. The molecule has 0 saturated heterocycles. The number of carbonyl (C=O) groups excluding carboxylic acids is 1. The van der Waals surface area contributed by atoms with Gasteiger partial charge in [-0.15, -0.1) is 0 Å². The van der Waals surface area contributed by atoms with Crippen LogP contribution in [-0.4, -0.2) is 41.6 Å². The van der Waals surface area contributed by atoms with E-state index in [2.05, 4.69) is 19.2 Å². The van der Waals surface area contributed by atoms with E-state index >= 15 is 0 Å². The molecule has 0 radical (unpaired) electrons. The Labute approximate surface area is 109 Å². The first-order valence-electron chi connectivity index (χ1n) is 6.68. The van der Waals surface area contributed by atoms with Crippen molar-refractivity contribution in [3.63, 3.8) is 0 Å². The van der Waals surface area contributed by atoms with Gasteiger partial charge in [0, 0.05) is 19.6 Å². The van der Waals surface area contributed by atoms with E-state index < -0.39 is 5.97 Å². The predicted octanol–water partition coefficient (Wildman–Crippen LogP) is 1.93. The number of carboxylic acid groups (broad SMARTS) is 1. The largest absolute Gasteiger partial charge is 0.481 e. The minimum atomic E-state index is -0.750. The Morgan fingerprint density at radius 2 is 2.11 bits per heavy atom. The molecule has 1 rings (SSSR count). The highest BCUT2D eigenvalue weighted by atomic mass is 16.4. The molecular weight excluding hydrogens is 232 g/mol. The van der Waals surface area contributed by atoms with Crippen molar-refractivity contribution in [1.82, 2.24) is 10.2 Å². The molecule has 1 aliphatic rings. The Hall–Kier alpha value is -1.26. The molecule has 2 N–H and O–H groups in total. The molecule has 1 fully saturated rings. The van der Waals surface area contributed by atoms with Gasteiger partial charge < -0.3 is 15.3 Å². The SMILES string of the molecule is CCC(C)CN(C)C(=O)N[C@H]1CC[C@@H](C(=O)O)C1. The van der Waals surface area contributed by atoms with Gasteiger partial charge in [0.15, 0.2) is 0 Å². The van der Waals surface area contributed by atoms with Gasteiger partial charge >= 0.3 is 12.0 Å². The van der Waals surface area contributed by atoms with Crippen molar-refractivity contribution >= 4 is 12.0 Å². The number of rotatable bonds is 5. The van der Waals surface area contributed by atoms with Gasteiger partial charge in [-0.3, -0.25) is 4.79 Å². The van der Waals surface area contributed by atoms with Gasteiger partial charge in [0.1, 0.15) is 0 Å². The smallest absolute Gasteiger partial charge is 0.317 e. The Morgan fingerprint density at radius 1 is 1.44 bits per heavy atom. The van der Waals surface area contributed by atoms with Crippen LogP contribution in [-0.2, 0) is 4.79 Å². The van der Waals surface area contributed by atoms with Crippen LogP contribution in [0.25, 0.3) is 0 Å². The minimum Gasteiger partial charge on any atom is -0.481 e. The summed E-state index contributed by atoms with van der Waals surface area (Å²) in [6.07, 6.45) is 3.02. The van der Waals surface area contributed by atoms with Crippen LogP contribution >= 0.6 is 0 Å². The molecule has 0 aromatic heterocycles. The van der Waals surface area contributed by atoms with E-state index in [0.717, 1.165) is 19.4 Å². The van der Waals surface area contributed by atoms with E-state index in [1.807, 2.05) is 0 Å². The third-order valence-electron chi connectivity index (χ3n) is 3.74. The number of hydrogen-bond donors (Lipinski definition) is 2. The van der Waals surface area contributed by atoms with Crippen LogP contribution in [0.5, 0.6) is 0 Å². The topological polar surface area (TPSA) is 69.6 Å². The minimum absolute atomic E-state index is 0.0120. The van der Waals surface area contributed by atoms with E-state index in [-0.39, 0.29) is 18.0 Å². The number of amides is 2. The van der Waals surface area contributed by atoms with Gasteiger partial charge in [-0.25, -0.2) is 4.79 Å². The molecule has 18 heavy (non-hydrogen) atoms. The number of carboxylic acids is 1. The fourth-order valence-corrected chi connectivity index (χ4v) is 2.30. The maximum Gasteiger partial charge on any atom is 0.317 e. The molecule has 1 aliphatic carbocycles. The number of hydrogen-bond acceptors (Lipinski definition) is 2. The molecule has 1 saturated carbocycles. The average Bonchev–Trinajstić information content (AvgIpc) is 2.77. The van der Waals surface area contributed by atoms with Crippen molar-refractivity contribution in [2.24, 2.45) is 11.8 Å². The van der Waals surface area contributed by atoms with Crippen molar-refractivity contribution in [1.29, 1.82) is 0 Å². The molecule has 2 amide bonds. The van der Waals surface area contributed by atoms with Gasteiger partial charge in [0.2, 0.25) is 0 Å². The normalized spacial score (nSPS) is 24.6. The molecule has 5 heteroatoms. The fraction of sp³-hybridized carbons (Fsp3) is 0.846. The molecule has 0 bridgehead atoms. The highest BCUT2D eigenvalue weighted by molar-refractivity contribution is 5.75. The van der Waals surface area contributed by atoms with Crippen LogP contribution in [0.3, 0.4) is 0 Å². The monoisotopic (exact) mass is 256 g/mol. The zero-order valence-corrected chi connectivity index (χ0v) is 11.5. The van der Waals surface area contributed by atoms with Gasteiger partial charge in [-0.05, 0) is 25.2 Å². The van der Waals surface area contributed by atoms with Crippen LogP contribution < -0.4 is 5.32 Å². The first kappa shape index (κ1) is 14.8. The second-order valence-corrected chi connectivity index (χ2v) is 5.39. The molecule has 0 spiro atoms. The van der Waals surface area contributed by atoms with E-state index in [1.165, 1.54) is 0 Å². The third-order valence-corrected chi connectivity index (χ3v) is 3.74. The number of aliphatic carboxylic acids is 1. The first-order valence-corrected chi connectivity index (χ1v) is 6.68. The predicted molar refractivity (Wildman–Crippen MR) is 69.4 cm³/mol. The molecule has 0 aromatic rings. The van der Waals surface area contributed by atoms with Crippen molar-refractivity contribution in [2.45, 2.75) is 45.6 Å². The summed E-state index contributed by atoms with van der Waals surface area (Å²) in [4.78, 5) is 24.4. The van der Waals surface area contributed by atoms with Crippen LogP contribution in [0.15, 0.2) is 0 Å². The lowest BCUT2D eigenvalue weighted by Gasteiger charge is -2.23. The first-order chi connectivity index (χ1) is 8.43. The summed E-state index contributed by atoms with van der Waals surface area (Å²) in [6, 6.07) is -0.0793. The van der Waals surface area contributed by atoms with E-state index in [1.54, 1.807) is 11.9 Å². The maximum absolute atomic E-state index is 11.9. The van der Waals surface area contributed by atoms with Gasteiger partial charge in [-0.1, -0.05) is 20.3 Å². The number of nitrogens with zero attached hydrogens (tertiary/aromatic N) is 1. The van der Waals surface area contributed by atoms with Crippen LogP contribution in [0.4, 0.5) is 4.79 Å². The summed E-state index contributed by atoms with van der Waals surface area (Å²) in [7, 11) is 1.78. The quantitative estimate of drug-likeness (QED) is 0.789. The second kappa shape index (κ2) is 6.61. The Morgan fingerprint density at radius 3 is 2.61 bits per heavy atom. The van der Waals surface area contributed by atoms with Gasteiger partial charge in [0.05, 0.1) is 5.92 Å². The summed E-state index contributed by atoms with van der Waals surface area (Å²) in [6.45, 7) is 4.95. The summed E-state index contributed by atoms with van der Waals surface area (Å²) in [5.41, 5.74) is 0. The lowest BCUT2D eigenvalue weighted by atomic mass is 10.1. The van der Waals surface area contributed by atoms with Gasteiger partial charge in [0.25, 0.3) is 0 Å². The summed E-state index contributed by atoms with van der Waals surface area (Å²) in [5, 5.41) is 11.8. The summed E-state index contributed by atoms with van der Waals surface area (Å²) in [5.74, 6) is -0.564.